The molecule has 4 nitrogen and oxygen atoms in total. The van der Waals surface area contributed by atoms with Crippen LogP contribution in [0.3, 0.4) is 0 Å². The molecule has 96 valence electrons. The summed E-state index contributed by atoms with van der Waals surface area (Å²) in [6.07, 6.45) is 1.65. The molecule has 0 aliphatic carbocycles. The van der Waals surface area contributed by atoms with Crippen LogP contribution in [0.15, 0.2) is 30.5 Å². The van der Waals surface area contributed by atoms with Gasteiger partial charge in [0.2, 0.25) is 0 Å². The molecule has 1 heterocycles. The van der Waals surface area contributed by atoms with Gasteiger partial charge in [0.05, 0.1) is 17.6 Å². The Kier molecular flexibility index (Phi) is 3.77. The molecule has 0 aliphatic heterocycles. The molecular weight excluding hydrogens is 250 g/mol. The second-order valence-electron chi connectivity index (χ2n) is 4.33. The zero-order valence-electron chi connectivity index (χ0n) is 10.4. The van der Waals surface area contributed by atoms with Crippen molar-refractivity contribution < 1.29 is 4.74 Å². The van der Waals surface area contributed by atoms with Crippen molar-refractivity contribution in [2.75, 3.05) is 5.73 Å². The molecule has 2 aromatic rings. The molecule has 1 aromatic heterocycles. The number of nitrogens with zero attached hydrogens (tertiary/aromatic N) is 2. The molecule has 1 aromatic carbocycles. The van der Waals surface area contributed by atoms with Crippen LogP contribution in [0.4, 0.5) is 5.69 Å². The van der Waals surface area contributed by atoms with E-state index in [0.717, 1.165) is 11.4 Å². The lowest BCUT2D eigenvalue weighted by atomic mass is 10.3. The van der Waals surface area contributed by atoms with Crippen LogP contribution in [0, 0.1) is 0 Å². The number of halogens is 1. The van der Waals surface area contributed by atoms with Crippen molar-refractivity contribution in [2.45, 2.75) is 26.5 Å². The predicted molar refractivity (Wildman–Crippen MR) is 72.8 cm³/mol. The maximum absolute atomic E-state index is 5.88. The summed E-state index contributed by atoms with van der Waals surface area (Å²) in [5.74, 6) is 0.760. The summed E-state index contributed by atoms with van der Waals surface area (Å²) in [6.45, 7) is 4.50. The molecule has 0 saturated heterocycles. The average Bonchev–Trinajstić information content (AvgIpc) is 2.70. The normalized spacial score (nSPS) is 10.9. The van der Waals surface area contributed by atoms with Gasteiger partial charge in [-0.05, 0) is 38.1 Å². The lowest BCUT2D eigenvalue weighted by Gasteiger charge is -2.12. The van der Waals surface area contributed by atoms with Gasteiger partial charge in [0.15, 0.2) is 0 Å². The molecule has 18 heavy (non-hydrogen) atoms. The van der Waals surface area contributed by atoms with Crippen LogP contribution in [0.5, 0.6) is 5.75 Å². The summed E-state index contributed by atoms with van der Waals surface area (Å²) < 4.78 is 7.54. The third-order valence-electron chi connectivity index (χ3n) is 2.61. The third-order valence-corrected chi connectivity index (χ3v) is 2.86. The number of benzene rings is 1. The Morgan fingerprint density at radius 2 is 2.00 bits per heavy atom. The van der Waals surface area contributed by atoms with E-state index in [1.165, 1.54) is 0 Å². The smallest absolute Gasteiger partial charge is 0.132 e. The van der Waals surface area contributed by atoms with E-state index in [9.17, 15) is 0 Å². The molecule has 2 N–H and O–H groups in total. The van der Waals surface area contributed by atoms with Gasteiger partial charge >= 0.3 is 0 Å². The summed E-state index contributed by atoms with van der Waals surface area (Å²) >= 11 is 5.81. The number of hydrogen-bond acceptors (Lipinski definition) is 3. The van der Waals surface area contributed by atoms with Gasteiger partial charge in [0.1, 0.15) is 12.4 Å². The van der Waals surface area contributed by atoms with Crippen LogP contribution in [0.2, 0.25) is 5.02 Å². The van der Waals surface area contributed by atoms with Crippen molar-refractivity contribution in [1.82, 2.24) is 9.78 Å². The quantitative estimate of drug-likeness (QED) is 0.923. The van der Waals surface area contributed by atoms with Crippen molar-refractivity contribution in [1.29, 1.82) is 0 Å². The lowest BCUT2D eigenvalue weighted by Crippen LogP contribution is -2.11. The number of anilines is 1. The van der Waals surface area contributed by atoms with Crippen molar-refractivity contribution in [3.63, 3.8) is 0 Å². The number of hydrogen-bond donors (Lipinski definition) is 1. The molecule has 0 bridgehead atoms. The standard InChI is InChI=1S/C13H16ClN3O/c1-9(2)17-13(12(15)7-16-17)8-18-11-5-3-10(14)4-6-11/h3-7,9H,8,15H2,1-2H3. The molecule has 0 atom stereocenters. The fourth-order valence-electron chi connectivity index (χ4n) is 1.68. The fourth-order valence-corrected chi connectivity index (χ4v) is 1.80. The van der Waals surface area contributed by atoms with E-state index in [4.69, 9.17) is 22.1 Å². The molecular formula is C13H16ClN3O. The van der Waals surface area contributed by atoms with Gasteiger partial charge in [0.25, 0.3) is 0 Å². The maximum Gasteiger partial charge on any atom is 0.132 e. The zero-order chi connectivity index (χ0) is 13.1. The number of aromatic nitrogens is 2. The van der Waals surface area contributed by atoms with Gasteiger partial charge in [-0.2, -0.15) is 5.10 Å². The minimum Gasteiger partial charge on any atom is -0.487 e. The number of nitrogens with two attached hydrogens (primary N) is 1. The molecule has 0 unspecified atom stereocenters. The van der Waals surface area contributed by atoms with E-state index < -0.39 is 0 Å². The highest BCUT2D eigenvalue weighted by atomic mass is 35.5. The van der Waals surface area contributed by atoms with E-state index in [1.807, 2.05) is 16.8 Å². The molecule has 0 spiro atoms. The Morgan fingerprint density at radius 1 is 1.33 bits per heavy atom. The first-order valence-electron chi connectivity index (χ1n) is 5.78. The number of ether oxygens (including phenoxy) is 1. The fraction of sp³-hybridized carbons (Fsp3) is 0.308. The predicted octanol–water partition coefficient (Wildman–Crippen LogP) is 3.28. The maximum atomic E-state index is 5.88. The second-order valence-corrected chi connectivity index (χ2v) is 4.76. The Hall–Kier alpha value is -1.68. The van der Waals surface area contributed by atoms with E-state index in [-0.39, 0.29) is 6.04 Å². The monoisotopic (exact) mass is 265 g/mol. The van der Waals surface area contributed by atoms with Crippen molar-refractivity contribution in [3.8, 4) is 5.75 Å². The summed E-state index contributed by atoms with van der Waals surface area (Å²) in [4.78, 5) is 0. The number of nitrogen functional groups attached to an aromatic ring is 1. The molecule has 2 rings (SSSR count). The Morgan fingerprint density at radius 3 is 2.61 bits per heavy atom. The first-order valence-corrected chi connectivity index (χ1v) is 6.16. The molecule has 0 aliphatic rings. The highest BCUT2D eigenvalue weighted by Gasteiger charge is 2.11. The van der Waals surface area contributed by atoms with E-state index in [0.29, 0.717) is 17.3 Å². The minimum atomic E-state index is 0.256. The van der Waals surface area contributed by atoms with Gasteiger partial charge in [-0.15, -0.1) is 0 Å². The van der Waals surface area contributed by atoms with Crippen LogP contribution in [0.25, 0.3) is 0 Å². The first kappa shape index (κ1) is 12.8. The number of rotatable bonds is 4. The lowest BCUT2D eigenvalue weighted by molar-refractivity contribution is 0.288. The van der Waals surface area contributed by atoms with Gasteiger partial charge in [-0.25, -0.2) is 0 Å². The Bertz CT molecular complexity index is 520. The van der Waals surface area contributed by atoms with Crippen LogP contribution in [-0.4, -0.2) is 9.78 Å². The van der Waals surface area contributed by atoms with Crippen molar-refractivity contribution in [2.24, 2.45) is 0 Å². The van der Waals surface area contributed by atoms with Crippen LogP contribution in [-0.2, 0) is 6.61 Å². The molecule has 5 heteroatoms. The molecule has 0 fully saturated rings. The third kappa shape index (κ3) is 2.76. The first-order chi connectivity index (χ1) is 8.58. The average molecular weight is 266 g/mol. The van der Waals surface area contributed by atoms with E-state index >= 15 is 0 Å². The SMILES string of the molecule is CC(C)n1ncc(N)c1COc1ccc(Cl)cc1. The van der Waals surface area contributed by atoms with Gasteiger partial charge in [-0.1, -0.05) is 11.6 Å². The van der Waals surface area contributed by atoms with Crippen molar-refractivity contribution in [3.05, 3.63) is 41.2 Å². The van der Waals surface area contributed by atoms with Gasteiger partial charge in [0, 0.05) is 11.1 Å². The van der Waals surface area contributed by atoms with E-state index in [1.54, 1.807) is 18.3 Å². The summed E-state index contributed by atoms with van der Waals surface area (Å²) in [5.41, 5.74) is 7.42. The van der Waals surface area contributed by atoms with Crippen LogP contribution < -0.4 is 10.5 Å². The van der Waals surface area contributed by atoms with Crippen LogP contribution in [0.1, 0.15) is 25.6 Å². The van der Waals surface area contributed by atoms with E-state index in [2.05, 4.69) is 18.9 Å². The van der Waals surface area contributed by atoms with Gasteiger partial charge < -0.3 is 10.5 Å². The van der Waals surface area contributed by atoms with Crippen LogP contribution >= 0.6 is 11.6 Å². The highest BCUT2D eigenvalue weighted by molar-refractivity contribution is 6.30. The summed E-state index contributed by atoms with van der Waals surface area (Å²) in [7, 11) is 0. The topological polar surface area (TPSA) is 53.1 Å². The minimum absolute atomic E-state index is 0.256. The molecule has 0 radical (unpaired) electrons. The summed E-state index contributed by atoms with van der Waals surface area (Å²) in [6, 6.07) is 7.49. The second kappa shape index (κ2) is 5.31. The highest BCUT2D eigenvalue weighted by Crippen LogP contribution is 2.20. The zero-order valence-corrected chi connectivity index (χ0v) is 11.2. The van der Waals surface area contributed by atoms with Gasteiger partial charge in [-0.3, -0.25) is 4.68 Å². The molecule has 0 saturated carbocycles. The van der Waals surface area contributed by atoms with Crippen molar-refractivity contribution >= 4 is 17.3 Å². The Labute approximate surface area is 111 Å². The Balaban J connectivity index is 2.10. The molecule has 0 amide bonds. The largest absolute Gasteiger partial charge is 0.487 e. The summed E-state index contributed by atoms with van der Waals surface area (Å²) in [5, 5.41) is 4.92.